The number of aliphatic hydroxyl groups excluding tert-OH is 1. The lowest BCUT2D eigenvalue weighted by atomic mass is 10.2. The van der Waals surface area contributed by atoms with Gasteiger partial charge in [-0.2, -0.15) is 8.42 Å². The predicted octanol–water partition coefficient (Wildman–Crippen LogP) is 0.123. The molecule has 0 bridgehead atoms. The molecule has 1 N–H and O–H groups in total. The molecule has 0 saturated heterocycles. The lowest BCUT2D eigenvalue weighted by molar-refractivity contribution is 0.0909. The van der Waals surface area contributed by atoms with E-state index >= 15 is 0 Å². The Labute approximate surface area is 81.1 Å². The van der Waals surface area contributed by atoms with E-state index in [2.05, 4.69) is 4.18 Å². The minimum Gasteiger partial charge on any atom is -0.369 e. The van der Waals surface area contributed by atoms with Gasteiger partial charge in [-0.3, -0.25) is 4.79 Å². The van der Waals surface area contributed by atoms with Gasteiger partial charge in [0.25, 0.3) is 0 Å². The smallest absolute Gasteiger partial charge is 0.338 e. The zero-order valence-corrected chi connectivity index (χ0v) is 7.90. The van der Waals surface area contributed by atoms with Gasteiger partial charge in [0.2, 0.25) is 0 Å². The average molecular weight is 216 g/mol. The Morgan fingerprint density at radius 1 is 1.29 bits per heavy atom. The molecule has 0 aliphatic heterocycles. The van der Waals surface area contributed by atoms with Crippen molar-refractivity contribution in [2.75, 3.05) is 6.79 Å². The van der Waals surface area contributed by atoms with Crippen molar-refractivity contribution in [2.45, 2.75) is 0 Å². The number of rotatable bonds is 3. The van der Waals surface area contributed by atoms with Crippen LogP contribution in [-0.2, 0) is 14.3 Å². The highest BCUT2D eigenvalue weighted by molar-refractivity contribution is 8.02. The molecular formula is C8H8O5S. The fraction of sp³-hybridized carbons (Fsp3) is 0.125. The maximum Gasteiger partial charge on any atom is 0.338 e. The first-order chi connectivity index (χ1) is 6.58. The molecule has 0 spiro atoms. The summed E-state index contributed by atoms with van der Waals surface area (Å²) in [6.45, 7) is -1.04. The van der Waals surface area contributed by atoms with Crippen LogP contribution in [0.4, 0.5) is 0 Å². The van der Waals surface area contributed by atoms with Gasteiger partial charge in [0.1, 0.15) is 0 Å². The number of aliphatic hydroxyl groups is 1. The number of carbonyl (C=O) groups excluding carboxylic acids is 1. The van der Waals surface area contributed by atoms with Crippen LogP contribution < -0.4 is 0 Å². The van der Waals surface area contributed by atoms with Gasteiger partial charge in [-0.25, -0.2) is 4.18 Å². The maximum atomic E-state index is 11.2. The first kappa shape index (κ1) is 10.8. The Balaban J connectivity index is 2.98. The summed E-state index contributed by atoms with van der Waals surface area (Å²) in [5.41, 5.74) is 0.000880. The molecule has 0 aliphatic carbocycles. The van der Waals surface area contributed by atoms with Crippen LogP contribution >= 0.6 is 0 Å². The Kier molecular flexibility index (Phi) is 3.34. The molecule has 1 rings (SSSR count). The summed E-state index contributed by atoms with van der Waals surface area (Å²) >= 11 is 0. The quantitative estimate of drug-likeness (QED) is 0.573. The van der Waals surface area contributed by atoms with E-state index in [4.69, 9.17) is 5.11 Å². The molecule has 0 radical (unpaired) electrons. The Bertz CT molecular complexity index is 409. The highest BCUT2D eigenvalue weighted by atomic mass is 32.2. The third kappa shape index (κ3) is 2.38. The van der Waals surface area contributed by atoms with E-state index in [0.29, 0.717) is 0 Å². The van der Waals surface area contributed by atoms with Gasteiger partial charge in [-0.1, -0.05) is 30.3 Å². The van der Waals surface area contributed by atoms with Crippen LogP contribution in [0, 0.1) is 0 Å². The van der Waals surface area contributed by atoms with Crippen molar-refractivity contribution in [2.24, 2.45) is 0 Å². The minimum atomic E-state index is -4.35. The maximum absolute atomic E-state index is 11.2. The summed E-state index contributed by atoms with van der Waals surface area (Å²) < 4.78 is 25.9. The molecule has 0 fully saturated rings. The van der Waals surface area contributed by atoms with Crippen molar-refractivity contribution >= 4 is 15.2 Å². The van der Waals surface area contributed by atoms with Crippen LogP contribution in [0.15, 0.2) is 30.3 Å². The monoisotopic (exact) mass is 216 g/mol. The Hall–Kier alpha value is -1.24. The van der Waals surface area contributed by atoms with Gasteiger partial charge >= 0.3 is 15.2 Å². The molecule has 0 heterocycles. The Morgan fingerprint density at radius 3 is 2.36 bits per heavy atom. The second-order valence-corrected chi connectivity index (χ2v) is 3.87. The third-order valence-corrected chi connectivity index (χ3v) is 2.55. The Morgan fingerprint density at radius 2 is 1.86 bits per heavy atom. The number of carbonyl (C=O) groups is 1. The van der Waals surface area contributed by atoms with Crippen LogP contribution in [0.25, 0.3) is 0 Å². The SMILES string of the molecule is O=C(c1ccccc1)S(=O)(=O)OCO. The van der Waals surface area contributed by atoms with E-state index in [0.717, 1.165) is 0 Å². The molecule has 0 atom stereocenters. The van der Waals surface area contributed by atoms with E-state index in [-0.39, 0.29) is 5.56 Å². The molecule has 0 aliphatic rings. The molecule has 6 heteroatoms. The van der Waals surface area contributed by atoms with Crippen LogP contribution in [0.1, 0.15) is 10.4 Å². The van der Waals surface area contributed by atoms with Crippen LogP contribution in [0.3, 0.4) is 0 Å². The van der Waals surface area contributed by atoms with E-state index < -0.39 is 22.0 Å². The molecule has 0 amide bonds. The van der Waals surface area contributed by atoms with Gasteiger partial charge in [0.05, 0.1) is 0 Å². The van der Waals surface area contributed by atoms with E-state index in [1.165, 1.54) is 24.3 Å². The second kappa shape index (κ2) is 4.32. The lowest BCUT2D eigenvalue weighted by Gasteiger charge is -2.00. The highest BCUT2D eigenvalue weighted by Crippen LogP contribution is 2.06. The molecule has 0 saturated carbocycles. The summed E-state index contributed by atoms with van der Waals surface area (Å²) in [6, 6.07) is 7.40. The molecule has 0 unspecified atom stereocenters. The second-order valence-electron chi connectivity index (χ2n) is 2.35. The zero-order valence-electron chi connectivity index (χ0n) is 7.08. The van der Waals surface area contributed by atoms with Crippen molar-refractivity contribution in [3.63, 3.8) is 0 Å². The van der Waals surface area contributed by atoms with Gasteiger partial charge < -0.3 is 5.11 Å². The largest absolute Gasteiger partial charge is 0.369 e. The van der Waals surface area contributed by atoms with Gasteiger partial charge in [0.15, 0.2) is 6.79 Å². The van der Waals surface area contributed by atoms with Crippen LogP contribution in [0.2, 0.25) is 0 Å². The predicted molar refractivity (Wildman–Crippen MR) is 47.9 cm³/mol. The standard InChI is InChI=1S/C8H8O5S/c9-6-13-14(11,12)8(10)7-4-2-1-3-5-7/h1-5,9H,6H2. The summed E-state index contributed by atoms with van der Waals surface area (Å²) in [6.07, 6.45) is 0. The minimum absolute atomic E-state index is 0.000880. The van der Waals surface area contributed by atoms with Crippen LogP contribution in [0.5, 0.6) is 0 Å². The average Bonchev–Trinajstić information content (AvgIpc) is 2.18. The first-order valence-electron chi connectivity index (χ1n) is 3.67. The van der Waals surface area contributed by atoms with Gasteiger partial charge in [-0.15, -0.1) is 0 Å². The fourth-order valence-electron chi connectivity index (χ4n) is 0.841. The topological polar surface area (TPSA) is 80.7 Å². The van der Waals surface area contributed by atoms with Crippen molar-refractivity contribution in [1.29, 1.82) is 0 Å². The van der Waals surface area contributed by atoms with Crippen molar-refractivity contribution in [1.82, 2.24) is 0 Å². The molecule has 14 heavy (non-hydrogen) atoms. The zero-order chi connectivity index (χ0) is 10.6. The summed E-state index contributed by atoms with van der Waals surface area (Å²) in [5, 5.41) is 7.08. The number of hydrogen-bond donors (Lipinski definition) is 1. The van der Waals surface area contributed by atoms with Crippen molar-refractivity contribution < 1.29 is 22.5 Å². The van der Waals surface area contributed by atoms with Gasteiger partial charge in [0, 0.05) is 5.56 Å². The highest BCUT2D eigenvalue weighted by Gasteiger charge is 2.24. The third-order valence-electron chi connectivity index (χ3n) is 1.44. The normalized spacial score (nSPS) is 11.2. The summed E-state index contributed by atoms with van der Waals surface area (Å²) in [4.78, 5) is 11.2. The fourth-order valence-corrected chi connectivity index (χ4v) is 1.51. The van der Waals surface area contributed by atoms with E-state index in [1.807, 2.05) is 0 Å². The molecule has 1 aromatic rings. The summed E-state index contributed by atoms with van der Waals surface area (Å²) in [5.74, 6) is 0. The first-order valence-corrected chi connectivity index (χ1v) is 5.08. The van der Waals surface area contributed by atoms with Gasteiger partial charge in [-0.05, 0) is 0 Å². The molecule has 0 aromatic heterocycles. The molecule has 5 nitrogen and oxygen atoms in total. The summed E-state index contributed by atoms with van der Waals surface area (Å²) in [7, 11) is -4.35. The lowest BCUT2D eigenvalue weighted by Crippen LogP contribution is -2.18. The van der Waals surface area contributed by atoms with Crippen LogP contribution in [-0.4, -0.2) is 25.4 Å². The molecular weight excluding hydrogens is 208 g/mol. The molecule has 1 aromatic carbocycles. The van der Waals surface area contributed by atoms with Crippen molar-refractivity contribution in [3.05, 3.63) is 35.9 Å². The molecule has 76 valence electrons. The number of hydrogen-bond acceptors (Lipinski definition) is 5. The van der Waals surface area contributed by atoms with Crippen molar-refractivity contribution in [3.8, 4) is 0 Å². The van der Waals surface area contributed by atoms with E-state index in [1.54, 1.807) is 6.07 Å². The van der Waals surface area contributed by atoms with E-state index in [9.17, 15) is 13.2 Å². The number of benzene rings is 1.